The fraction of sp³-hybridized carbons (Fsp3) is 0.323. The number of phenols is 1. The standard InChI is InChI=1S/C31H38N2O5/c32-28(20-24-14-16-26(35)17-15-24)30(37)13-7-12-29(36)27(19-23-10-5-2-6-11-23)31(38)33-25(21-34)18-22-8-3-1-4-9-22/h1-12,14-17,25,27-30,34-37H,13,18-21,32H2,(H,33,38)/b12-7+/t25-,27+,28-,29+,30-/m0/s1. The highest BCUT2D eigenvalue weighted by atomic mass is 16.3. The molecule has 0 heterocycles. The van der Waals surface area contributed by atoms with Gasteiger partial charge in [0.1, 0.15) is 5.75 Å². The lowest BCUT2D eigenvalue weighted by atomic mass is 9.91. The SMILES string of the molecule is N[C@@H](Cc1ccc(O)cc1)[C@@H](O)C/C=C/[C@@H](O)[C@@H](Cc1ccccc1)C(=O)N[C@H](CO)Cc1ccccc1. The predicted molar refractivity (Wildman–Crippen MR) is 148 cm³/mol. The van der Waals surface area contributed by atoms with E-state index in [0.717, 1.165) is 16.7 Å². The molecule has 1 amide bonds. The zero-order valence-electron chi connectivity index (χ0n) is 21.4. The van der Waals surface area contributed by atoms with Gasteiger partial charge in [0.25, 0.3) is 0 Å². The van der Waals surface area contributed by atoms with Crippen LogP contribution in [-0.4, -0.2) is 57.2 Å². The van der Waals surface area contributed by atoms with Crippen LogP contribution in [0.15, 0.2) is 97.1 Å². The lowest BCUT2D eigenvalue weighted by molar-refractivity contribution is -0.128. The summed E-state index contributed by atoms with van der Waals surface area (Å²) in [4.78, 5) is 13.3. The summed E-state index contributed by atoms with van der Waals surface area (Å²) < 4.78 is 0. The molecule has 0 aromatic heterocycles. The van der Waals surface area contributed by atoms with Crippen LogP contribution in [0.3, 0.4) is 0 Å². The molecule has 7 heteroatoms. The van der Waals surface area contributed by atoms with Crippen LogP contribution in [0.2, 0.25) is 0 Å². The average molecular weight is 519 g/mol. The highest BCUT2D eigenvalue weighted by Gasteiger charge is 2.27. The lowest BCUT2D eigenvalue weighted by Crippen LogP contribution is -2.45. The summed E-state index contributed by atoms with van der Waals surface area (Å²) in [6.45, 7) is -0.226. The van der Waals surface area contributed by atoms with E-state index < -0.39 is 30.2 Å². The Kier molecular flexibility index (Phi) is 11.5. The first kappa shape index (κ1) is 29.1. The summed E-state index contributed by atoms with van der Waals surface area (Å²) >= 11 is 0. The second-order valence-electron chi connectivity index (χ2n) is 9.63. The number of hydrogen-bond acceptors (Lipinski definition) is 6. The molecule has 0 aliphatic carbocycles. The Morgan fingerprint density at radius 3 is 1.95 bits per heavy atom. The number of benzene rings is 3. The molecule has 7 nitrogen and oxygen atoms in total. The summed E-state index contributed by atoms with van der Waals surface area (Å²) in [5.74, 6) is -0.980. The van der Waals surface area contributed by atoms with Crippen molar-refractivity contribution in [3.63, 3.8) is 0 Å². The smallest absolute Gasteiger partial charge is 0.226 e. The number of aromatic hydroxyl groups is 1. The van der Waals surface area contributed by atoms with Gasteiger partial charge in [-0.2, -0.15) is 0 Å². The van der Waals surface area contributed by atoms with E-state index in [1.165, 1.54) is 6.08 Å². The topological polar surface area (TPSA) is 136 Å². The van der Waals surface area contributed by atoms with E-state index >= 15 is 0 Å². The summed E-state index contributed by atoms with van der Waals surface area (Å²) in [5, 5.41) is 43.7. The van der Waals surface area contributed by atoms with Crippen molar-refractivity contribution in [2.45, 2.75) is 50.0 Å². The molecule has 5 atom stereocenters. The van der Waals surface area contributed by atoms with Gasteiger partial charge in [-0.15, -0.1) is 0 Å². The third-order valence-corrected chi connectivity index (χ3v) is 6.55. The molecule has 0 saturated carbocycles. The van der Waals surface area contributed by atoms with Gasteiger partial charge in [-0.25, -0.2) is 0 Å². The van der Waals surface area contributed by atoms with Crippen molar-refractivity contribution in [1.82, 2.24) is 5.32 Å². The number of aliphatic hydroxyl groups excluding tert-OH is 3. The van der Waals surface area contributed by atoms with Crippen molar-refractivity contribution in [2.75, 3.05) is 6.61 Å². The van der Waals surface area contributed by atoms with E-state index in [1.807, 2.05) is 60.7 Å². The van der Waals surface area contributed by atoms with Crippen LogP contribution in [0, 0.1) is 5.92 Å². The summed E-state index contributed by atoms with van der Waals surface area (Å²) in [6.07, 6.45) is 2.64. The molecule has 0 unspecified atom stereocenters. The Balaban J connectivity index is 1.63. The molecule has 0 radical (unpaired) electrons. The number of amides is 1. The van der Waals surface area contributed by atoms with Crippen LogP contribution in [0.25, 0.3) is 0 Å². The second-order valence-corrected chi connectivity index (χ2v) is 9.63. The molecule has 202 valence electrons. The van der Waals surface area contributed by atoms with Crippen molar-refractivity contribution in [3.8, 4) is 5.75 Å². The quantitative estimate of drug-likeness (QED) is 0.182. The monoisotopic (exact) mass is 518 g/mol. The van der Waals surface area contributed by atoms with Crippen LogP contribution >= 0.6 is 0 Å². The number of carbonyl (C=O) groups is 1. The highest BCUT2D eigenvalue weighted by molar-refractivity contribution is 5.80. The summed E-state index contributed by atoms with van der Waals surface area (Å²) in [6, 6.07) is 24.7. The second kappa shape index (κ2) is 15.1. The maximum absolute atomic E-state index is 13.3. The predicted octanol–water partition coefficient (Wildman–Crippen LogP) is 2.51. The van der Waals surface area contributed by atoms with Crippen molar-refractivity contribution >= 4 is 5.91 Å². The molecule has 3 aromatic carbocycles. The minimum absolute atomic E-state index is 0.166. The van der Waals surface area contributed by atoms with E-state index in [2.05, 4.69) is 5.32 Å². The van der Waals surface area contributed by atoms with Gasteiger partial charge < -0.3 is 31.5 Å². The summed E-state index contributed by atoms with van der Waals surface area (Å²) in [5.41, 5.74) is 8.94. The van der Waals surface area contributed by atoms with Crippen molar-refractivity contribution in [1.29, 1.82) is 0 Å². The maximum atomic E-state index is 13.3. The molecule has 0 fully saturated rings. The van der Waals surface area contributed by atoms with Crippen LogP contribution in [0.5, 0.6) is 5.75 Å². The number of rotatable bonds is 14. The normalized spacial score (nSPS) is 15.5. The molecule has 38 heavy (non-hydrogen) atoms. The van der Waals surface area contributed by atoms with E-state index in [4.69, 9.17) is 5.73 Å². The van der Waals surface area contributed by atoms with Crippen molar-refractivity contribution in [2.24, 2.45) is 11.7 Å². The van der Waals surface area contributed by atoms with E-state index in [1.54, 1.807) is 30.3 Å². The Hall–Kier alpha value is -3.49. The lowest BCUT2D eigenvalue weighted by Gasteiger charge is -2.24. The maximum Gasteiger partial charge on any atom is 0.226 e. The van der Waals surface area contributed by atoms with Gasteiger partial charge in [0.2, 0.25) is 5.91 Å². The molecular formula is C31H38N2O5. The fourth-order valence-corrected chi connectivity index (χ4v) is 4.31. The van der Waals surface area contributed by atoms with Gasteiger partial charge in [-0.3, -0.25) is 4.79 Å². The third-order valence-electron chi connectivity index (χ3n) is 6.55. The largest absolute Gasteiger partial charge is 0.508 e. The van der Waals surface area contributed by atoms with Crippen LogP contribution in [0.1, 0.15) is 23.1 Å². The Labute approximate surface area is 224 Å². The molecule has 3 rings (SSSR count). The van der Waals surface area contributed by atoms with Crippen molar-refractivity contribution < 1.29 is 25.2 Å². The zero-order valence-corrected chi connectivity index (χ0v) is 21.4. The van der Waals surface area contributed by atoms with Gasteiger partial charge in [-0.1, -0.05) is 84.9 Å². The molecule has 7 N–H and O–H groups in total. The van der Waals surface area contributed by atoms with E-state index in [0.29, 0.717) is 19.3 Å². The summed E-state index contributed by atoms with van der Waals surface area (Å²) in [7, 11) is 0. The van der Waals surface area contributed by atoms with E-state index in [9.17, 15) is 25.2 Å². The van der Waals surface area contributed by atoms with Gasteiger partial charge in [0, 0.05) is 6.04 Å². The molecule has 3 aromatic rings. The van der Waals surface area contributed by atoms with Crippen LogP contribution in [-0.2, 0) is 24.1 Å². The molecule has 0 spiro atoms. The Morgan fingerprint density at radius 1 is 0.816 bits per heavy atom. The Bertz CT molecular complexity index is 1120. The average Bonchev–Trinajstić information content (AvgIpc) is 2.93. The molecule has 0 aliphatic heterocycles. The third kappa shape index (κ3) is 9.43. The molecule has 0 bridgehead atoms. The van der Waals surface area contributed by atoms with Gasteiger partial charge >= 0.3 is 0 Å². The van der Waals surface area contributed by atoms with Crippen molar-refractivity contribution in [3.05, 3.63) is 114 Å². The minimum atomic E-state index is -1.10. The number of nitrogens with one attached hydrogen (secondary N) is 1. The van der Waals surface area contributed by atoms with Gasteiger partial charge in [0.05, 0.1) is 30.8 Å². The van der Waals surface area contributed by atoms with Crippen LogP contribution < -0.4 is 11.1 Å². The zero-order chi connectivity index (χ0) is 27.3. The first-order chi connectivity index (χ1) is 18.4. The number of phenolic OH excluding ortho intramolecular Hbond substituents is 1. The highest BCUT2D eigenvalue weighted by Crippen LogP contribution is 2.17. The van der Waals surface area contributed by atoms with Crippen LogP contribution in [0.4, 0.5) is 0 Å². The molecule has 0 saturated heterocycles. The number of nitrogens with two attached hydrogens (primary N) is 1. The molecular weight excluding hydrogens is 480 g/mol. The Morgan fingerprint density at radius 2 is 1.37 bits per heavy atom. The minimum Gasteiger partial charge on any atom is -0.508 e. The van der Waals surface area contributed by atoms with Gasteiger partial charge in [-0.05, 0) is 54.5 Å². The number of carbonyl (C=O) groups excluding carboxylic acids is 1. The van der Waals surface area contributed by atoms with E-state index in [-0.39, 0.29) is 24.7 Å². The fourth-order valence-electron chi connectivity index (χ4n) is 4.31. The van der Waals surface area contributed by atoms with Gasteiger partial charge in [0.15, 0.2) is 0 Å². The first-order valence-electron chi connectivity index (χ1n) is 12.9. The first-order valence-corrected chi connectivity index (χ1v) is 12.9. The number of aliphatic hydroxyl groups is 3. The number of hydrogen-bond donors (Lipinski definition) is 6. The molecule has 0 aliphatic rings.